The number of rotatable bonds is 2. The highest BCUT2D eigenvalue weighted by atomic mass is 79.9. The molecule has 1 saturated heterocycles. The number of halogens is 1. The summed E-state index contributed by atoms with van der Waals surface area (Å²) in [5, 5.41) is 0. The lowest BCUT2D eigenvalue weighted by molar-refractivity contribution is -0.128. The largest absolute Gasteiger partial charge is 0.302 e. The van der Waals surface area contributed by atoms with Crippen LogP contribution in [0.1, 0.15) is 28.2 Å². The highest BCUT2D eigenvalue weighted by molar-refractivity contribution is 9.10. The molecule has 0 radical (unpaired) electrons. The van der Waals surface area contributed by atoms with E-state index >= 15 is 0 Å². The number of imide groups is 1. The zero-order valence-corrected chi connectivity index (χ0v) is 17.4. The molecule has 3 aromatic rings. The third-order valence-electron chi connectivity index (χ3n) is 6.95. The molecule has 1 aliphatic heterocycles. The van der Waals surface area contributed by atoms with Crippen LogP contribution in [0.3, 0.4) is 0 Å². The number of nitrogens with zero attached hydrogens (tertiary/aromatic N) is 1. The quantitative estimate of drug-likeness (QED) is 0.428. The molecule has 30 heavy (non-hydrogen) atoms. The summed E-state index contributed by atoms with van der Waals surface area (Å²) < 4.78 is 0.868. The summed E-state index contributed by atoms with van der Waals surface area (Å²) in [7, 11) is 0. The van der Waals surface area contributed by atoms with Crippen molar-refractivity contribution in [3.63, 3.8) is 0 Å². The number of carbonyl (C=O) groups excluding carboxylic acids is 3. The van der Waals surface area contributed by atoms with Crippen LogP contribution in [-0.4, -0.2) is 18.1 Å². The van der Waals surface area contributed by atoms with Crippen LogP contribution in [0.4, 0.5) is 5.69 Å². The van der Waals surface area contributed by atoms with Crippen molar-refractivity contribution in [3.8, 4) is 0 Å². The van der Waals surface area contributed by atoms with Crippen molar-refractivity contribution in [1.82, 2.24) is 0 Å². The molecule has 1 heterocycles. The molecule has 0 spiro atoms. The predicted octanol–water partition coefficient (Wildman–Crippen LogP) is 4.20. The number of aldehydes is 1. The van der Waals surface area contributed by atoms with Crippen LogP contribution in [0.2, 0.25) is 0 Å². The van der Waals surface area contributed by atoms with Gasteiger partial charge in [-0.2, -0.15) is 0 Å². The second-order valence-electron chi connectivity index (χ2n) is 8.13. The van der Waals surface area contributed by atoms with Gasteiger partial charge in [-0.15, -0.1) is 0 Å². The van der Waals surface area contributed by atoms with E-state index in [0.717, 1.165) is 33.0 Å². The van der Waals surface area contributed by atoms with Crippen molar-refractivity contribution in [2.45, 2.75) is 11.3 Å². The smallest absolute Gasteiger partial charge is 0.239 e. The average Bonchev–Trinajstić information content (AvgIpc) is 3.05. The molecule has 1 fully saturated rings. The summed E-state index contributed by atoms with van der Waals surface area (Å²) in [4.78, 5) is 41.6. The Balaban J connectivity index is 1.64. The third kappa shape index (κ3) is 1.94. The Kier molecular flexibility index (Phi) is 3.55. The van der Waals surface area contributed by atoms with Crippen molar-refractivity contribution < 1.29 is 14.4 Å². The first-order valence-electron chi connectivity index (χ1n) is 9.88. The summed E-state index contributed by atoms with van der Waals surface area (Å²) in [5.74, 6) is -2.08. The van der Waals surface area contributed by atoms with E-state index in [0.29, 0.717) is 5.69 Å². The molecule has 3 aliphatic carbocycles. The number of benzene rings is 3. The van der Waals surface area contributed by atoms with Crippen LogP contribution < -0.4 is 4.90 Å². The Bertz CT molecular complexity index is 1200. The minimum Gasteiger partial charge on any atom is -0.302 e. The highest BCUT2D eigenvalue weighted by Gasteiger charge is 2.68. The maximum absolute atomic E-state index is 13.7. The van der Waals surface area contributed by atoms with Crippen LogP contribution in [-0.2, 0) is 19.8 Å². The van der Waals surface area contributed by atoms with Gasteiger partial charge in [-0.05, 0) is 46.5 Å². The molecule has 0 saturated carbocycles. The van der Waals surface area contributed by atoms with Crippen molar-refractivity contribution in [2.75, 3.05) is 4.90 Å². The van der Waals surface area contributed by atoms with Gasteiger partial charge in [0, 0.05) is 10.4 Å². The molecule has 7 rings (SSSR count). The lowest BCUT2D eigenvalue weighted by Gasteiger charge is -2.51. The lowest BCUT2D eigenvalue weighted by atomic mass is 9.48. The molecule has 2 atom stereocenters. The fourth-order valence-corrected chi connectivity index (χ4v) is 6.14. The minimum atomic E-state index is -1.15. The Labute approximate surface area is 181 Å². The lowest BCUT2D eigenvalue weighted by Crippen LogP contribution is -2.54. The zero-order chi connectivity index (χ0) is 20.6. The fraction of sp³-hybridized carbons (Fsp3) is 0.160. The molecule has 3 aromatic carbocycles. The summed E-state index contributed by atoms with van der Waals surface area (Å²) in [5.41, 5.74) is 3.04. The highest BCUT2D eigenvalue weighted by Crippen LogP contribution is 2.63. The average molecular weight is 458 g/mol. The topological polar surface area (TPSA) is 54.5 Å². The van der Waals surface area contributed by atoms with Gasteiger partial charge < -0.3 is 4.79 Å². The van der Waals surface area contributed by atoms with E-state index in [2.05, 4.69) is 15.9 Å². The first-order chi connectivity index (χ1) is 14.6. The summed E-state index contributed by atoms with van der Waals surface area (Å²) in [6.07, 6.45) is 0.897. The molecule has 146 valence electrons. The molecule has 4 nitrogen and oxygen atoms in total. The van der Waals surface area contributed by atoms with Gasteiger partial charge in [0.05, 0.1) is 22.9 Å². The molecule has 2 bridgehead atoms. The monoisotopic (exact) mass is 457 g/mol. The van der Waals surface area contributed by atoms with Crippen LogP contribution in [0.15, 0.2) is 77.3 Å². The number of anilines is 1. The SMILES string of the molecule is O=CC12c3ccccc3C(c3ccccc31)[C@@H]1C(=O)N(c3ccc(Br)cc3)C(=O)[C@H]12. The zero-order valence-electron chi connectivity index (χ0n) is 15.8. The second-order valence-corrected chi connectivity index (χ2v) is 9.05. The van der Waals surface area contributed by atoms with E-state index in [9.17, 15) is 14.4 Å². The number of hydrogen-bond donors (Lipinski definition) is 0. The van der Waals surface area contributed by atoms with Gasteiger partial charge in [-0.1, -0.05) is 64.5 Å². The minimum absolute atomic E-state index is 0.229. The van der Waals surface area contributed by atoms with Crippen molar-refractivity contribution in [2.24, 2.45) is 11.8 Å². The summed E-state index contributed by atoms with van der Waals surface area (Å²) in [6, 6.07) is 22.6. The maximum atomic E-state index is 13.7. The number of hydrogen-bond acceptors (Lipinski definition) is 3. The fourth-order valence-electron chi connectivity index (χ4n) is 5.88. The van der Waals surface area contributed by atoms with E-state index in [-0.39, 0.29) is 17.7 Å². The van der Waals surface area contributed by atoms with E-state index in [1.54, 1.807) is 12.1 Å². The normalized spacial score (nSPS) is 28.2. The number of amides is 2. The van der Waals surface area contributed by atoms with E-state index < -0.39 is 17.3 Å². The van der Waals surface area contributed by atoms with Crippen molar-refractivity contribution in [3.05, 3.63) is 99.5 Å². The Hall–Kier alpha value is -3.05. The first-order valence-corrected chi connectivity index (χ1v) is 10.7. The molecule has 0 unspecified atom stereocenters. The third-order valence-corrected chi connectivity index (χ3v) is 7.48. The molecule has 2 amide bonds. The standard InChI is InChI=1S/C25H16BrNO3/c26-14-9-11-15(12-10-14)27-23(29)21-20-16-5-1-3-7-18(16)25(13-28,22(21)24(27)30)19-8-4-2-6-17(19)20/h1-13,20-22H/t20?,21-,22-,25?/m0/s1. The van der Waals surface area contributed by atoms with Gasteiger partial charge in [0.25, 0.3) is 0 Å². The molecule has 0 N–H and O–H groups in total. The molecular formula is C25H16BrNO3. The summed E-state index contributed by atoms with van der Waals surface area (Å²) >= 11 is 3.40. The van der Waals surface area contributed by atoms with Crippen molar-refractivity contribution >= 4 is 39.7 Å². The van der Waals surface area contributed by atoms with E-state index in [4.69, 9.17) is 0 Å². The first kappa shape index (κ1) is 17.8. The predicted molar refractivity (Wildman–Crippen MR) is 115 cm³/mol. The molecule has 5 heteroatoms. The Morgan fingerprint density at radius 2 is 1.37 bits per heavy atom. The Morgan fingerprint density at radius 1 is 0.800 bits per heavy atom. The van der Waals surface area contributed by atoms with Gasteiger partial charge in [-0.3, -0.25) is 9.59 Å². The van der Waals surface area contributed by atoms with E-state index in [1.165, 1.54) is 4.90 Å². The second kappa shape index (κ2) is 5.99. The maximum Gasteiger partial charge on any atom is 0.239 e. The molecule has 4 aliphatic rings. The Morgan fingerprint density at radius 3 is 1.93 bits per heavy atom. The number of carbonyl (C=O) groups is 3. The van der Waals surface area contributed by atoms with Gasteiger partial charge in [0.2, 0.25) is 11.8 Å². The summed E-state index contributed by atoms with van der Waals surface area (Å²) in [6.45, 7) is 0. The molecular weight excluding hydrogens is 442 g/mol. The van der Waals surface area contributed by atoms with Crippen LogP contribution >= 0.6 is 15.9 Å². The van der Waals surface area contributed by atoms with Crippen LogP contribution in [0.5, 0.6) is 0 Å². The van der Waals surface area contributed by atoms with Crippen LogP contribution in [0.25, 0.3) is 0 Å². The van der Waals surface area contributed by atoms with Crippen molar-refractivity contribution in [1.29, 1.82) is 0 Å². The van der Waals surface area contributed by atoms with Gasteiger partial charge in [0.15, 0.2) is 0 Å². The van der Waals surface area contributed by atoms with E-state index in [1.807, 2.05) is 60.7 Å². The van der Waals surface area contributed by atoms with Gasteiger partial charge >= 0.3 is 0 Å². The van der Waals surface area contributed by atoms with Crippen LogP contribution in [0, 0.1) is 11.8 Å². The van der Waals surface area contributed by atoms with Gasteiger partial charge in [-0.25, -0.2) is 4.90 Å². The van der Waals surface area contributed by atoms with Gasteiger partial charge in [0.1, 0.15) is 6.29 Å². The molecule has 0 aromatic heterocycles.